The van der Waals surface area contributed by atoms with Crippen molar-refractivity contribution in [3.8, 4) is 0 Å². The molecule has 0 aliphatic heterocycles. The average Bonchev–Trinajstić information content (AvgIpc) is 3.45. The minimum atomic E-state index is -1.17. The molecule has 1 atom stereocenters. The van der Waals surface area contributed by atoms with Crippen LogP contribution in [0.2, 0.25) is 0 Å². The van der Waals surface area contributed by atoms with Gasteiger partial charge in [0.2, 0.25) is 5.91 Å². The maximum absolute atomic E-state index is 14.7. The molecule has 0 aliphatic carbocycles. The van der Waals surface area contributed by atoms with Gasteiger partial charge in [-0.3, -0.25) is 14.5 Å². The molecular weight excluding hydrogens is 461 g/mol. The van der Waals surface area contributed by atoms with E-state index in [1.165, 1.54) is 15.6 Å². The quantitative estimate of drug-likeness (QED) is 0.380. The summed E-state index contributed by atoms with van der Waals surface area (Å²) in [6.45, 7) is 8.94. The monoisotopic (exact) mass is 491 g/mol. The van der Waals surface area contributed by atoms with Gasteiger partial charge in [-0.15, -0.1) is 5.10 Å². The number of benzene rings is 2. The van der Waals surface area contributed by atoms with E-state index in [1.54, 1.807) is 44.2 Å². The van der Waals surface area contributed by atoms with Crippen molar-refractivity contribution < 1.29 is 18.4 Å². The number of hydrogen-bond donors (Lipinski definition) is 1. The zero-order chi connectivity index (χ0) is 26.0. The van der Waals surface area contributed by atoms with Gasteiger partial charge in [0.05, 0.1) is 5.52 Å². The highest BCUT2D eigenvalue weighted by molar-refractivity contribution is 6.01. The van der Waals surface area contributed by atoms with Crippen LogP contribution in [0, 0.1) is 19.7 Å². The van der Waals surface area contributed by atoms with Crippen molar-refractivity contribution in [2.24, 2.45) is 0 Å². The molecule has 36 heavy (non-hydrogen) atoms. The number of anilines is 1. The molecule has 4 aromatic rings. The van der Waals surface area contributed by atoms with Crippen LogP contribution in [0.15, 0.2) is 59.0 Å². The van der Waals surface area contributed by atoms with Crippen molar-refractivity contribution in [1.82, 2.24) is 20.3 Å². The van der Waals surface area contributed by atoms with Crippen molar-refractivity contribution in [2.45, 2.75) is 59.2 Å². The zero-order valence-corrected chi connectivity index (χ0v) is 21.1. The molecule has 1 N–H and O–H groups in total. The van der Waals surface area contributed by atoms with E-state index in [0.717, 1.165) is 0 Å². The molecule has 9 heteroatoms. The Morgan fingerprint density at radius 1 is 1.14 bits per heavy atom. The first-order valence-electron chi connectivity index (χ1n) is 11.8. The van der Waals surface area contributed by atoms with Gasteiger partial charge in [-0.2, -0.15) is 0 Å². The van der Waals surface area contributed by atoms with Crippen LogP contribution in [0.3, 0.4) is 0 Å². The Morgan fingerprint density at radius 2 is 1.89 bits per heavy atom. The number of amides is 2. The summed E-state index contributed by atoms with van der Waals surface area (Å²) >= 11 is 0. The number of fused-ring (bicyclic) bond motifs is 1. The number of aromatic nitrogens is 3. The number of aryl methyl sites for hydroxylation is 2. The maximum Gasteiger partial charge on any atom is 0.251 e. The molecule has 8 nitrogen and oxygen atoms in total. The number of nitrogens with one attached hydrogen (secondary N) is 1. The Morgan fingerprint density at radius 3 is 2.56 bits per heavy atom. The molecule has 0 saturated carbocycles. The van der Waals surface area contributed by atoms with Gasteiger partial charge in [0.1, 0.15) is 29.4 Å². The summed E-state index contributed by atoms with van der Waals surface area (Å²) < 4.78 is 22.0. The molecule has 188 valence electrons. The fourth-order valence-corrected chi connectivity index (χ4v) is 3.87. The topological polar surface area (TPSA) is 93.3 Å². The lowest BCUT2D eigenvalue weighted by Gasteiger charge is -2.33. The normalized spacial score (nSPS) is 12.5. The SMILES string of the molecule is CCC(C)(C)NC(=O)[C@H](c1ccc(C)o1)N(C(=O)Cn1nnc2ccccc21)c1ccc(C)c(F)c1. The molecular formula is C27H30FN5O3. The van der Waals surface area contributed by atoms with Gasteiger partial charge in [0.15, 0.2) is 6.04 Å². The molecule has 0 aliphatic rings. The second-order valence-corrected chi connectivity index (χ2v) is 9.51. The number of rotatable bonds is 8. The van der Waals surface area contributed by atoms with Crippen molar-refractivity contribution in [3.05, 3.63) is 77.5 Å². The molecule has 0 spiro atoms. The summed E-state index contributed by atoms with van der Waals surface area (Å²) in [5.74, 6) is -0.538. The minimum Gasteiger partial charge on any atom is -0.464 e. The third-order valence-electron chi connectivity index (χ3n) is 6.29. The van der Waals surface area contributed by atoms with Gasteiger partial charge in [-0.1, -0.05) is 30.3 Å². The van der Waals surface area contributed by atoms with E-state index in [9.17, 15) is 14.0 Å². The van der Waals surface area contributed by atoms with Crippen LogP contribution in [0.1, 0.15) is 50.3 Å². The third-order valence-corrected chi connectivity index (χ3v) is 6.29. The largest absolute Gasteiger partial charge is 0.464 e. The maximum atomic E-state index is 14.7. The Kier molecular flexibility index (Phi) is 6.92. The summed E-state index contributed by atoms with van der Waals surface area (Å²) in [6, 6.07) is 13.9. The van der Waals surface area contributed by atoms with E-state index >= 15 is 0 Å². The molecule has 0 unspecified atom stereocenters. The van der Waals surface area contributed by atoms with Crippen molar-refractivity contribution >= 4 is 28.5 Å². The highest BCUT2D eigenvalue weighted by Gasteiger charge is 2.37. The van der Waals surface area contributed by atoms with Crippen LogP contribution in [0.4, 0.5) is 10.1 Å². The highest BCUT2D eigenvalue weighted by atomic mass is 19.1. The van der Waals surface area contributed by atoms with Crippen LogP contribution in [0.25, 0.3) is 11.0 Å². The van der Waals surface area contributed by atoms with Gasteiger partial charge in [0.25, 0.3) is 5.91 Å². The third kappa shape index (κ3) is 5.15. The second-order valence-electron chi connectivity index (χ2n) is 9.51. The average molecular weight is 492 g/mol. The van der Waals surface area contributed by atoms with Crippen LogP contribution >= 0.6 is 0 Å². The fourth-order valence-electron chi connectivity index (χ4n) is 3.87. The number of halogens is 1. The zero-order valence-electron chi connectivity index (χ0n) is 21.1. The van der Waals surface area contributed by atoms with E-state index < -0.39 is 29.2 Å². The van der Waals surface area contributed by atoms with Crippen molar-refractivity contribution in [3.63, 3.8) is 0 Å². The van der Waals surface area contributed by atoms with E-state index in [0.29, 0.717) is 28.8 Å². The Balaban J connectivity index is 1.82. The fraction of sp³-hybridized carbons (Fsp3) is 0.333. The number of para-hydroxylation sites is 1. The first-order chi connectivity index (χ1) is 17.1. The molecule has 2 aromatic carbocycles. The lowest BCUT2D eigenvalue weighted by atomic mass is 10.0. The van der Waals surface area contributed by atoms with Crippen LogP contribution in [0.5, 0.6) is 0 Å². The van der Waals surface area contributed by atoms with Gasteiger partial charge in [0, 0.05) is 11.2 Å². The Hall–Kier alpha value is -4.01. The van der Waals surface area contributed by atoms with Crippen LogP contribution in [-0.2, 0) is 16.1 Å². The molecule has 0 bridgehead atoms. The summed E-state index contributed by atoms with van der Waals surface area (Å²) in [6.07, 6.45) is 0.667. The summed E-state index contributed by atoms with van der Waals surface area (Å²) in [5.41, 5.74) is 1.43. The van der Waals surface area contributed by atoms with Gasteiger partial charge in [-0.25, -0.2) is 9.07 Å². The first kappa shape index (κ1) is 25.1. The molecule has 0 radical (unpaired) electrons. The van der Waals surface area contributed by atoms with E-state index in [-0.39, 0.29) is 18.0 Å². The van der Waals surface area contributed by atoms with E-state index in [1.807, 2.05) is 39.0 Å². The molecule has 2 heterocycles. The number of furan rings is 1. The standard InChI is InChI=1S/C27H30FN5O3/c1-6-27(4,5)29-26(35)25(23-14-12-18(3)36-23)33(19-13-11-17(2)20(28)15-19)24(34)16-32-22-10-8-7-9-21(22)30-31-32/h7-15,25H,6,16H2,1-5H3,(H,29,35)/t25-/m0/s1. The predicted molar refractivity (Wildman–Crippen MR) is 135 cm³/mol. The summed E-state index contributed by atoms with van der Waals surface area (Å²) in [5, 5.41) is 11.2. The summed E-state index contributed by atoms with van der Waals surface area (Å²) in [7, 11) is 0. The van der Waals surface area contributed by atoms with Crippen LogP contribution in [-0.4, -0.2) is 32.3 Å². The highest BCUT2D eigenvalue weighted by Crippen LogP contribution is 2.31. The van der Waals surface area contributed by atoms with Gasteiger partial charge in [-0.05, 0) is 76.1 Å². The van der Waals surface area contributed by atoms with Crippen LogP contribution < -0.4 is 10.2 Å². The molecule has 0 saturated heterocycles. The molecule has 0 fully saturated rings. The van der Waals surface area contributed by atoms with Crippen molar-refractivity contribution in [2.75, 3.05) is 4.90 Å². The number of carbonyl (C=O) groups excluding carboxylic acids is 2. The summed E-state index contributed by atoms with van der Waals surface area (Å²) in [4.78, 5) is 28.9. The number of nitrogens with zero attached hydrogens (tertiary/aromatic N) is 4. The minimum absolute atomic E-state index is 0.212. The number of carbonyl (C=O) groups is 2. The molecule has 2 amide bonds. The Bertz CT molecular complexity index is 1410. The first-order valence-corrected chi connectivity index (χ1v) is 11.8. The predicted octanol–water partition coefficient (Wildman–Crippen LogP) is 4.86. The number of hydrogen-bond acceptors (Lipinski definition) is 5. The lowest BCUT2D eigenvalue weighted by Crippen LogP contribution is -2.51. The van der Waals surface area contributed by atoms with E-state index in [2.05, 4.69) is 15.6 Å². The molecule has 4 rings (SSSR count). The smallest absolute Gasteiger partial charge is 0.251 e. The Labute approximate surface area is 209 Å². The molecule has 2 aromatic heterocycles. The van der Waals surface area contributed by atoms with Gasteiger partial charge >= 0.3 is 0 Å². The van der Waals surface area contributed by atoms with Gasteiger partial charge < -0.3 is 9.73 Å². The lowest BCUT2D eigenvalue weighted by molar-refractivity contribution is -0.128. The second kappa shape index (κ2) is 9.93. The van der Waals surface area contributed by atoms with E-state index in [4.69, 9.17) is 4.42 Å². The van der Waals surface area contributed by atoms with Crippen molar-refractivity contribution in [1.29, 1.82) is 0 Å².